The molecule has 11 nitrogen and oxygen atoms in total. The van der Waals surface area contributed by atoms with Crippen molar-refractivity contribution >= 4 is 42.2 Å². The van der Waals surface area contributed by atoms with Crippen LogP contribution in [0, 0.1) is 5.92 Å². The van der Waals surface area contributed by atoms with Gasteiger partial charge in [-0.15, -0.1) is 0 Å². The Bertz CT molecular complexity index is 884. The number of nitrogens with two attached hydrogens (primary N) is 2. The van der Waals surface area contributed by atoms with E-state index in [-0.39, 0.29) is 30.9 Å². The van der Waals surface area contributed by atoms with Crippen LogP contribution < -0.4 is 27.4 Å². The normalized spacial score (nSPS) is 15.1. The van der Waals surface area contributed by atoms with E-state index in [1.54, 1.807) is 37.3 Å². The summed E-state index contributed by atoms with van der Waals surface area (Å²) in [5.74, 6) is -4.25. The molecule has 0 fully saturated rings. The first-order valence-electron chi connectivity index (χ1n) is 11.3. The van der Waals surface area contributed by atoms with Gasteiger partial charge >= 0.3 is 5.97 Å². The van der Waals surface area contributed by atoms with Crippen molar-refractivity contribution < 1.29 is 29.1 Å². The summed E-state index contributed by atoms with van der Waals surface area (Å²) in [6.45, 7) is 3.52. The molecule has 0 radical (unpaired) electrons. The van der Waals surface area contributed by atoms with E-state index >= 15 is 0 Å². The molecule has 0 aliphatic rings. The second kappa shape index (κ2) is 15.0. The summed E-state index contributed by atoms with van der Waals surface area (Å²) in [6.07, 6.45) is 0.535. The summed E-state index contributed by atoms with van der Waals surface area (Å²) in [5.41, 5.74) is 11.6. The maximum Gasteiger partial charge on any atom is 0.326 e. The van der Waals surface area contributed by atoms with Gasteiger partial charge < -0.3 is 32.5 Å². The molecule has 1 aromatic carbocycles. The SMILES string of the molecule is CCC(C)C(NC(=O)C(Cc1ccccc1)NC(=O)C(CS)NC(=O)C(N)CCC(N)=O)C(=O)O. The van der Waals surface area contributed by atoms with E-state index in [4.69, 9.17) is 11.5 Å². The number of benzene rings is 1. The van der Waals surface area contributed by atoms with Crippen LogP contribution in [0.15, 0.2) is 30.3 Å². The summed E-state index contributed by atoms with van der Waals surface area (Å²) < 4.78 is 0. The fourth-order valence-corrected chi connectivity index (χ4v) is 3.43. The maximum atomic E-state index is 13.0. The molecule has 194 valence electrons. The number of carboxylic acid groups (broad SMARTS) is 1. The zero-order chi connectivity index (χ0) is 26.5. The monoisotopic (exact) mass is 509 g/mol. The molecule has 5 unspecified atom stereocenters. The topological polar surface area (TPSA) is 194 Å². The highest BCUT2D eigenvalue weighted by Crippen LogP contribution is 2.10. The van der Waals surface area contributed by atoms with Gasteiger partial charge in [0, 0.05) is 18.6 Å². The Labute approximate surface area is 210 Å². The molecule has 12 heteroatoms. The number of carbonyl (C=O) groups excluding carboxylic acids is 4. The van der Waals surface area contributed by atoms with Crippen molar-refractivity contribution in [1.29, 1.82) is 0 Å². The second-order valence-corrected chi connectivity index (χ2v) is 8.68. The highest BCUT2D eigenvalue weighted by atomic mass is 32.1. The zero-order valence-electron chi connectivity index (χ0n) is 19.9. The Morgan fingerprint density at radius 1 is 0.971 bits per heavy atom. The van der Waals surface area contributed by atoms with Crippen molar-refractivity contribution in [3.8, 4) is 0 Å². The lowest BCUT2D eigenvalue weighted by Crippen LogP contribution is -2.58. The van der Waals surface area contributed by atoms with Gasteiger partial charge in [-0.3, -0.25) is 19.2 Å². The Morgan fingerprint density at radius 2 is 1.54 bits per heavy atom. The summed E-state index contributed by atoms with van der Waals surface area (Å²) in [5, 5.41) is 17.1. The molecule has 0 aliphatic carbocycles. The highest BCUT2D eigenvalue weighted by Gasteiger charge is 2.31. The number of thiol groups is 1. The van der Waals surface area contributed by atoms with E-state index in [1.807, 2.05) is 6.92 Å². The third-order valence-corrected chi connectivity index (χ3v) is 5.91. The molecule has 0 aromatic heterocycles. The minimum absolute atomic E-state index is 0.00725. The van der Waals surface area contributed by atoms with E-state index < -0.39 is 53.8 Å². The van der Waals surface area contributed by atoms with Crippen molar-refractivity contribution in [2.24, 2.45) is 17.4 Å². The molecular formula is C23H35N5O6S. The number of rotatable bonds is 15. The molecule has 0 spiro atoms. The van der Waals surface area contributed by atoms with Crippen LogP contribution in [0.2, 0.25) is 0 Å². The lowest BCUT2D eigenvalue weighted by atomic mass is 9.98. The zero-order valence-corrected chi connectivity index (χ0v) is 20.8. The molecule has 1 aromatic rings. The van der Waals surface area contributed by atoms with E-state index in [0.29, 0.717) is 6.42 Å². The Hall–Kier alpha value is -3.12. The standard InChI is InChI=1S/C23H35N5O6S/c1-3-13(2)19(23(33)34)28-21(31)16(11-14-7-5-4-6-8-14)26-22(32)17(12-35)27-20(30)15(24)9-10-18(25)29/h4-8,13,15-17,19,35H,3,9-12,24H2,1-2H3,(H2,25,29)(H,26,32)(H,27,30)(H,28,31)(H,33,34). The van der Waals surface area contributed by atoms with E-state index in [1.165, 1.54) is 0 Å². The molecule has 4 amide bonds. The van der Waals surface area contributed by atoms with Gasteiger partial charge in [-0.1, -0.05) is 50.6 Å². The van der Waals surface area contributed by atoms with Crippen LogP contribution >= 0.6 is 12.6 Å². The van der Waals surface area contributed by atoms with Gasteiger partial charge in [0.2, 0.25) is 23.6 Å². The first-order chi connectivity index (χ1) is 16.5. The van der Waals surface area contributed by atoms with E-state index in [2.05, 4.69) is 28.6 Å². The number of carboxylic acids is 1. The van der Waals surface area contributed by atoms with Crippen molar-refractivity contribution in [2.45, 2.75) is 63.7 Å². The highest BCUT2D eigenvalue weighted by molar-refractivity contribution is 7.80. The fourth-order valence-electron chi connectivity index (χ4n) is 3.17. The number of hydrogen-bond donors (Lipinski definition) is 7. The van der Waals surface area contributed by atoms with Crippen LogP contribution in [0.25, 0.3) is 0 Å². The van der Waals surface area contributed by atoms with Crippen LogP contribution in [-0.4, -0.2) is 64.6 Å². The predicted molar refractivity (Wildman–Crippen MR) is 133 cm³/mol. The lowest BCUT2D eigenvalue weighted by Gasteiger charge is -2.26. The van der Waals surface area contributed by atoms with Crippen molar-refractivity contribution in [3.63, 3.8) is 0 Å². The average molecular weight is 510 g/mol. The van der Waals surface area contributed by atoms with E-state index in [9.17, 15) is 29.1 Å². The predicted octanol–water partition coefficient (Wildman–Crippen LogP) is -0.663. The molecule has 0 saturated carbocycles. The third kappa shape index (κ3) is 10.4. The first kappa shape index (κ1) is 29.9. The summed E-state index contributed by atoms with van der Waals surface area (Å²) >= 11 is 4.11. The molecule has 0 aliphatic heterocycles. The first-order valence-corrected chi connectivity index (χ1v) is 12.0. The number of carbonyl (C=O) groups is 5. The number of aliphatic carboxylic acids is 1. The average Bonchev–Trinajstić information content (AvgIpc) is 2.83. The van der Waals surface area contributed by atoms with Gasteiger partial charge in [0.15, 0.2) is 0 Å². The van der Waals surface area contributed by atoms with Crippen LogP contribution in [0.5, 0.6) is 0 Å². The minimum Gasteiger partial charge on any atom is -0.480 e. The molecule has 35 heavy (non-hydrogen) atoms. The maximum absolute atomic E-state index is 13.0. The van der Waals surface area contributed by atoms with Gasteiger partial charge in [-0.2, -0.15) is 12.6 Å². The molecule has 8 N–H and O–H groups in total. The fraction of sp³-hybridized carbons (Fsp3) is 0.522. The molecule has 0 bridgehead atoms. The van der Waals surface area contributed by atoms with Gasteiger partial charge in [0.1, 0.15) is 18.1 Å². The van der Waals surface area contributed by atoms with Crippen LogP contribution in [0.4, 0.5) is 0 Å². The van der Waals surface area contributed by atoms with Gasteiger partial charge in [-0.05, 0) is 17.9 Å². The quantitative estimate of drug-likeness (QED) is 0.152. The van der Waals surface area contributed by atoms with Crippen LogP contribution in [-0.2, 0) is 30.4 Å². The van der Waals surface area contributed by atoms with Gasteiger partial charge in [0.25, 0.3) is 0 Å². The molecular weight excluding hydrogens is 474 g/mol. The number of hydrogen-bond acceptors (Lipinski definition) is 7. The number of amides is 4. The summed E-state index contributed by atoms with van der Waals surface area (Å²) in [6, 6.07) is 4.45. The molecule has 1 rings (SSSR count). The minimum atomic E-state index is -1.18. The molecule has 5 atom stereocenters. The van der Waals surface area contributed by atoms with Crippen LogP contribution in [0.3, 0.4) is 0 Å². The number of nitrogens with one attached hydrogen (secondary N) is 3. The second-order valence-electron chi connectivity index (χ2n) is 8.32. The molecule has 0 heterocycles. The molecule has 0 saturated heterocycles. The smallest absolute Gasteiger partial charge is 0.326 e. The Balaban J connectivity index is 3.00. The lowest BCUT2D eigenvalue weighted by molar-refractivity contribution is -0.143. The van der Waals surface area contributed by atoms with Gasteiger partial charge in [-0.25, -0.2) is 4.79 Å². The number of primary amides is 1. The summed E-state index contributed by atoms with van der Waals surface area (Å²) in [7, 11) is 0. The van der Waals surface area contributed by atoms with Crippen LogP contribution in [0.1, 0.15) is 38.7 Å². The Morgan fingerprint density at radius 3 is 2.06 bits per heavy atom. The summed E-state index contributed by atoms with van der Waals surface area (Å²) in [4.78, 5) is 60.9. The van der Waals surface area contributed by atoms with Crippen molar-refractivity contribution in [3.05, 3.63) is 35.9 Å². The van der Waals surface area contributed by atoms with Crippen molar-refractivity contribution in [2.75, 3.05) is 5.75 Å². The van der Waals surface area contributed by atoms with E-state index in [0.717, 1.165) is 5.56 Å². The largest absolute Gasteiger partial charge is 0.480 e. The Kier molecular flexibility index (Phi) is 12.8. The van der Waals surface area contributed by atoms with Crippen molar-refractivity contribution in [1.82, 2.24) is 16.0 Å². The third-order valence-electron chi connectivity index (χ3n) is 5.55. The van der Waals surface area contributed by atoms with Gasteiger partial charge in [0.05, 0.1) is 6.04 Å².